The molecule has 1 fully saturated rings. The van der Waals surface area contributed by atoms with Crippen molar-refractivity contribution in [2.24, 2.45) is 5.92 Å². The summed E-state index contributed by atoms with van der Waals surface area (Å²) in [6, 6.07) is 14.9. The number of amides is 1. The minimum Gasteiger partial charge on any atom is -0.497 e. The third kappa shape index (κ3) is 4.34. The summed E-state index contributed by atoms with van der Waals surface area (Å²) in [6.45, 7) is 2.98. The van der Waals surface area contributed by atoms with Crippen LogP contribution < -0.4 is 4.74 Å². The van der Waals surface area contributed by atoms with Crippen LogP contribution in [-0.4, -0.2) is 46.6 Å². The summed E-state index contributed by atoms with van der Waals surface area (Å²) in [7, 11) is 1.69. The molecule has 8 heteroatoms. The zero-order chi connectivity index (χ0) is 24.1. The molecule has 0 bridgehead atoms. The molecule has 2 atom stereocenters. The molecule has 3 aromatic rings. The van der Waals surface area contributed by atoms with E-state index in [0.717, 1.165) is 25.0 Å². The van der Waals surface area contributed by atoms with Gasteiger partial charge >= 0.3 is 6.09 Å². The van der Waals surface area contributed by atoms with Gasteiger partial charge in [0.1, 0.15) is 12.4 Å². The van der Waals surface area contributed by atoms with Gasteiger partial charge < -0.3 is 19.4 Å². The number of nitrogens with zero attached hydrogens (tertiary/aromatic N) is 1. The van der Waals surface area contributed by atoms with Gasteiger partial charge in [-0.15, -0.1) is 0 Å². The highest BCUT2D eigenvalue weighted by Crippen LogP contribution is 2.49. The molecule has 2 aromatic carbocycles. The SMILES string of the molecule is COc1cccc([C@]23CCN(C(=O)OCC(Cl)(Cl)Cl)CC2Cc2c([nH]c4cc(C)ccc24)C3)c1. The van der Waals surface area contributed by atoms with Gasteiger partial charge in [0.15, 0.2) is 0 Å². The molecule has 0 radical (unpaired) electrons. The molecule has 1 amide bonds. The van der Waals surface area contributed by atoms with E-state index in [2.05, 4.69) is 42.2 Å². The van der Waals surface area contributed by atoms with Crippen LogP contribution >= 0.6 is 34.8 Å². The number of aryl methyl sites for hydroxylation is 1. The molecular weight excluding hydrogens is 495 g/mol. The number of piperidine rings is 1. The molecule has 2 heterocycles. The van der Waals surface area contributed by atoms with Crippen LogP contribution in [0.25, 0.3) is 10.9 Å². The molecule has 1 N–H and O–H groups in total. The standard InChI is InChI=1S/C26H27Cl3N2O3/c1-16-6-7-20-21-12-18-14-31(24(32)34-15-26(27,28)29)9-8-25(18,13-23(21)30-22(20)10-16)17-4-3-5-19(11-17)33-2/h3-7,10-11,18,30H,8-9,12-15H2,1-2H3/t18?,25-/m1/s1. The van der Waals surface area contributed by atoms with Gasteiger partial charge in [0.2, 0.25) is 3.79 Å². The van der Waals surface area contributed by atoms with Crippen molar-refractivity contribution in [1.29, 1.82) is 0 Å². The molecule has 5 rings (SSSR count). The Balaban J connectivity index is 1.52. The number of H-pyrrole nitrogens is 1. The summed E-state index contributed by atoms with van der Waals surface area (Å²) in [5.41, 5.74) is 6.15. The van der Waals surface area contributed by atoms with Crippen molar-refractivity contribution in [1.82, 2.24) is 9.88 Å². The maximum absolute atomic E-state index is 12.8. The molecule has 34 heavy (non-hydrogen) atoms. The van der Waals surface area contributed by atoms with E-state index in [9.17, 15) is 4.79 Å². The summed E-state index contributed by atoms with van der Waals surface area (Å²) < 4.78 is 9.22. The van der Waals surface area contributed by atoms with E-state index in [1.54, 1.807) is 12.0 Å². The van der Waals surface area contributed by atoms with Crippen LogP contribution in [0.4, 0.5) is 4.79 Å². The number of rotatable bonds is 3. The number of benzene rings is 2. The molecule has 1 saturated heterocycles. The van der Waals surface area contributed by atoms with Crippen molar-refractivity contribution in [3.8, 4) is 5.75 Å². The number of carbonyl (C=O) groups excluding carboxylic acids is 1. The minimum absolute atomic E-state index is 0.122. The Morgan fingerprint density at radius 3 is 2.82 bits per heavy atom. The van der Waals surface area contributed by atoms with Crippen molar-refractivity contribution in [2.75, 3.05) is 26.8 Å². The molecule has 1 aromatic heterocycles. The number of likely N-dealkylation sites (tertiary alicyclic amines) is 1. The highest BCUT2D eigenvalue weighted by atomic mass is 35.6. The van der Waals surface area contributed by atoms with Crippen LogP contribution in [0.2, 0.25) is 0 Å². The summed E-state index contributed by atoms with van der Waals surface area (Å²) in [5, 5.41) is 1.26. The fourth-order valence-corrected chi connectivity index (χ4v) is 5.91. The molecule has 0 spiro atoms. The Morgan fingerprint density at radius 2 is 2.06 bits per heavy atom. The van der Waals surface area contributed by atoms with Crippen LogP contribution in [0.15, 0.2) is 42.5 Å². The predicted molar refractivity (Wildman–Crippen MR) is 136 cm³/mol. The Morgan fingerprint density at radius 1 is 1.24 bits per heavy atom. The number of ether oxygens (including phenoxy) is 2. The fraction of sp³-hybridized carbons (Fsp3) is 0.423. The number of hydrogen-bond acceptors (Lipinski definition) is 3. The Labute approximate surface area is 214 Å². The first-order valence-electron chi connectivity index (χ1n) is 11.4. The van der Waals surface area contributed by atoms with Crippen molar-refractivity contribution in [3.05, 3.63) is 64.8 Å². The first-order chi connectivity index (χ1) is 16.2. The fourth-order valence-electron chi connectivity index (χ4n) is 5.75. The van der Waals surface area contributed by atoms with Crippen molar-refractivity contribution in [3.63, 3.8) is 0 Å². The number of fused-ring (bicyclic) bond motifs is 4. The van der Waals surface area contributed by atoms with Crippen LogP contribution in [0.5, 0.6) is 5.75 Å². The first kappa shape index (κ1) is 23.7. The quantitative estimate of drug-likeness (QED) is 0.409. The van der Waals surface area contributed by atoms with E-state index >= 15 is 0 Å². The number of aromatic nitrogens is 1. The van der Waals surface area contributed by atoms with Gasteiger partial charge in [-0.05, 0) is 67.0 Å². The highest BCUT2D eigenvalue weighted by molar-refractivity contribution is 6.67. The number of nitrogens with one attached hydrogen (secondary N) is 1. The lowest BCUT2D eigenvalue weighted by Gasteiger charge is -2.50. The summed E-state index contributed by atoms with van der Waals surface area (Å²) in [4.78, 5) is 18.3. The average molecular weight is 522 g/mol. The molecule has 0 saturated carbocycles. The van der Waals surface area contributed by atoms with Gasteiger partial charge in [-0.2, -0.15) is 0 Å². The van der Waals surface area contributed by atoms with E-state index in [-0.39, 0.29) is 17.9 Å². The molecule has 2 aliphatic rings. The van der Waals surface area contributed by atoms with E-state index in [1.807, 2.05) is 12.1 Å². The van der Waals surface area contributed by atoms with Crippen LogP contribution in [0, 0.1) is 12.8 Å². The number of methoxy groups -OCH3 is 1. The Kier molecular flexibility index (Phi) is 6.16. The van der Waals surface area contributed by atoms with E-state index in [0.29, 0.717) is 13.1 Å². The smallest absolute Gasteiger partial charge is 0.409 e. The summed E-state index contributed by atoms with van der Waals surface area (Å²) in [5.74, 6) is 1.05. The highest BCUT2D eigenvalue weighted by Gasteiger charge is 2.49. The average Bonchev–Trinajstić information content (AvgIpc) is 3.15. The van der Waals surface area contributed by atoms with Gasteiger partial charge in [-0.3, -0.25) is 0 Å². The van der Waals surface area contributed by atoms with Crippen LogP contribution in [0.3, 0.4) is 0 Å². The van der Waals surface area contributed by atoms with Gasteiger partial charge in [0.25, 0.3) is 0 Å². The number of aromatic amines is 1. The van der Waals surface area contributed by atoms with Gasteiger partial charge in [0, 0.05) is 35.1 Å². The van der Waals surface area contributed by atoms with Gasteiger partial charge in [0.05, 0.1) is 7.11 Å². The second-order valence-electron chi connectivity index (χ2n) is 9.46. The maximum Gasteiger partial charge on any atom is 0.409 e. The topological polar surface area (TPSA) is 54.6 Å². The van der Waals surface area contributed by atoms with Crippen molar-refractivity contribution in [2.45, 2.75) is 35.4 Å². The van der Waals surface area contributed by atoms with E-state index < -0.39 is 9.89 Å². The molecule has 1 aliphatic heterocycles. The minimum atomic E-state index is -1.63. The Bertz CT molecular complexity index is 1240. The third-order valence-corrected chi connectivity index (χ3v) is 7.73. The van der Waals surface area contributed by atoms with Crippen LogP contribution in [-0.2, 0) is 23.0 Å². The summed E-state index contributed by atoms with van der Waals surface area (Å²) >= 11 is 17.4. The number of hydrogen-bond donors (Lipinski definition) is 1. The zero-order valence-corrected chi connectivity index (χ0v) is 21.4. The first-order valence-corrected chi connectivity index (χ1v) is 12.5. The lowest BCUT2D eigenvalue weighted by molar-refractivity contribution is 0.0539. The lowest BCUT2D eigenvalue weighted by Crippen LogP contribution is -2.55. The number of alkyl halides is 3. The van der Waals surface area contributed by atoms with E-state index in [1.165, 1.54) is 33.3 Å². The number of carbonyl (C=O) groups is 1. The number of halogens is 3. The monoisotopic (exact) mass is 520 g/mol. The second-order valence-corrected chi connectivity index (χ2v) is 12.0. The third-order valence-electron chi connectivity index (χ3n) is 7.41. The molecule has 180 valence electrons. The van der Waals surface area contributed by atoms with Crippen molar-refractivity contribution >= 4 is 51.8 Å². The maximum atomic E-state index is 12.8. The van der Waals surface area contributed by atoms with Gasteiger partial charge in [-0.1, -0.05) is 59.1 Å². The molecule has 1 unspecified atom stereocenters. The molecule has 5 nitrogen and oxygen atoms in total. The van der Waals surface area contributed by atoms with Crippen LogP contribution in [0.1, 0.15) is 28.8 Å². The van der Waals surface area contributed by atoms with E-state index in [4.69, 9.17) is 44.3 Å². The lowest BCUT2D eigenvalue weighted by atomic mass is 9.59. The summed E-state index contributed by atoms with van der Waals surface area (Å²) in [6.07, 6.45) is 2.11. The normalized spacial score (nSPS) is 22.3. The zero-order valence-electron chi connectivity index (χ0n) is 19.2. The molecule has 1 aliphatic carbocycles. The molecular formula is C26H27Cl3N2O3. The van der Waals surface area contributed by atoms with Gasteiger partial charge in [-0.25, -0.2) is 4.79 Å². The Hall–Kier alpha value is -2.08. The predicted octanol–water partition coefficient (Wildman–Crippen LogP) is 6.35. The largest absolute Gasteiger partial charge is 0.497 e. The van der Waals surface area contributed by atoms with Crippen molar-refractivity contribution < 1.29 is 14.3 Å². The second kappa shape index (κ2) is 8.85.